The minimum Gasteiger partial charge on any atom is -0.756 e. The van der Waals surface area contributed by atoms with Crippen molar-refractivity contribution in [2.75, 3.05) is 13.2 Å². The number of pyridine rings is 2. The summed E-state index contributed by atoms with van der Waals surface area (Å²) >= 11 is 0. The van der Waals surface area contributed by atoms with Crippen molar-refractivity contribution >= 4 is 7.82 Å². The molecule has 32 heavy (non-hydrogen) atoms. The molecule has 168 valence electrons. The maximum atomic E-state index is 12.4. The number of aromatic nitrogens is 2. The van der Waals surface area contributed by atoms with Gasteiger partial charge in [0.25, 0.3) is 7.82 Å². The van der Waals surface area contributed by atoms with Crippen LogP contribution in [0.5, 0.6) is 0 Å². The van der Waals surface area contributed by atoms with Crippen LogP contribution in [0.2, 0.25) is 0 Å². The van der Waals surface area contributed by atoms with E-state index in [9.17, 15) is 19.7 Å². The van der Waals surface area contributed by atoms with Crippen LogP contribution < -0.4 is 34.5 Å². The van der Waals surface area contributed by atoms with Crippen molar-refractivity contribution < 1.29 is 67.8 Å². The van der Waals surface area contributed by atoms with Gasteiger partial charge in [0.05, 0.1) is 37.6 Å². The molecule has 0 radical (unpaired) electrons. The normalized spacial score (nSPS) is 31.7. The van der Waals surface area contributed by atoms with E-state index in [2.05, 4.69) is 9.97 Å². The monoisotopic (exact) mass is 474 g/mol. The van der Waals surface area contributed by atoms with Crippen molar-refractivity contribution in [2.24, 2.45) is 0 Å². The zero-order valence-electron chi connectivity index (χ0n) is 17.6. The third-order valence-electron chi connectivity index (χ3n) is 5.38. The number of nitrogens with zero attached hydrogens (tertiary/aromatic N) is 2. The second-order valence-corrected chi connectivity index (χ2v) is 8.87. The third-order valence-corrected chi connectivity index (χ3v) is 6.37. The molecule has 1 unspecified atom stereocenters. The van der Waals surface area contributed by atoms with E-state index in [1.807, 2.05) is 6.07 Å². The Morgan fingerprint density at radius 3 is 2.22 bits per heavy atom. The van der Waals surface area contributed by atoms with Crippen LogP contribution in [0.25, 0.3) is 0 Å². The molecule has 0 amide bonds. The zero-order chi connectivity index (χ0) is 21.8. The first-order valence-electron chi connectivity index (χ1n) is 9.99. The summed E-state index contributed by atoms with van der Waals surface area (Å²) in [6, 6.07) is 7.13. The Morgan fingerprint density at radius 1 is 1.06 bits per heavy atom. The molecule has 2 aliphatic heterocycles. The van der Waals surface area contributed by atoms with Crippen molar-refractivity contribution in [3.05, 3.63) is 60.2 Å². The molecule has 2 saturated heterocycles. The topological polar surface area (TPSA) is 143 Å². The minimum absolute atomic E-state index is 0. The number of phosphoric acid groups is 1. The van der Waals surface area contributed by atoms with E-state index in [-0.39, 0.29) is 42.6 Å². The van der Waals surface area contributed by atoms with Gasteiger partial charge in [-0.15, -0.1) is 0 Å². The van der Waals surface area contributed by atoms with Crippen LogP contribution in [0.3, 0.4) is 0 Å². The van der Waals surface area contributed by atoms with Crippen LogP contribution >= 0.6 is 7.82 Å². The fourth-order valence-corrected chi connectivity index (χ4v) is 4.73. The van der Waals surface area contributed by atoms with Gasteiger partial charge >= 0.3 is 29.6 Å². The Bertz CT molecular complexity index is 896. The molecule has 4 rings (SSSR count). The summed E-state index contributed by atoms with van der Waals surface area (Å²) in [4.78, 5) is 20.4. The van der Waals surface area contributed by atoms with Gasteiger partial charge in [-0.05, 0) is 23.3 Å². The Labute approximate surface area is 207 Å². The first kappa shape index (κ1) is 25.9. The summed E-state index contributed by atoms with van der Waals surface area (Å²) in [5.41, 5.74) is 1.55. The molecular formula is C20H24N2NaO8P. The summed E-state index contributed by atoms with van der Waals surface area (Å²) in [5, 5.41) is 19.8. The Balaban J connectivity index is 0.00000289. The maximum Gasteiger partial charge on any atom is 1.00 e. The van der Waals surface area contributed by atoms with E-state index in [1.54, 1.807) is 43.0 Å². The Kier molecular flexibility index (Phi) is 9.37. The molecule has 2 aromatic heterocycles. The standard InChI is InChI=1S/C20H25N2O8P.Na/c23-11-19-18(8-17(28-19)14-4-2-6-22-10-14)30-31(25,26)27-12-20-15(24)7-16(29-20)13-3-1-5-21-9-13;/h1-6,9-10,15-20,23-24H,7-8,11-12H2,(H,25,26);/q;+1/p-1/t15-,16+,17+,18-,19+,20+;/m0./s1. The summed E-state index contributed by atoms with van der Waals surface area (Å²) in [6.07, 6.45) is 2.74. The smallest absolute Gasteiger partial charge is 0.756 e. The van der Waals surface area contributed by atoms with Gasteiger partial charge in [-0.1, -0.05) is 12.1 Å². The van der Waals surface area contributed by atoms with Crippen molar-refractivity contribution in [2.45, 2.75) is 49.5 Å². The molecule has 0 aromatic carbocycles. The quantitative estimate of drug-likeness (QED) is 0.328. The predicted octanol–water partition coefficient (Wildman–Crippen LogP) is -1.94. The fraction of sp³-hybridized carbons (Fsp3) is 0.500. The number of aliphatic hydroxyl groups is 2. The van der Waals surface area contributed by atoms with Crippen LogP contribution in [0, 0.1) is 0 Å². The van der Waals surface area contributed by atoms with E-state index in [0.717, 1.165) is 11.1 Å². The molecule has 0 spiro atoms. The van der Waals surface area contributed by atoms with Crippen LogP contribution in [0.4, 0.5) is 0 Å². The first-order chi connectivity index (χ1) is 14.9. The number of phosphoric ester groups is 1. The number of ether oxygens (including phenoxy) is 2. The molecule has 10 nitrogen and oxygen atoms in total. The average Bonchev–Trinajstić information content (AvgIpc) is 3.36. The summed E-state index contributed by atoms with van der Waals surface area (Å²) < 4.78 is 34.0. The van der Waals surface area contributed by atoms with Crippen LogP contribution in [0.1, 0.15) is 36.2 Å². The molecule has 2 aromatic rings. The summed E-state index contributed by atoms with van der Waals surface area (Å²) in [7, 11) is -4.74. The van der Waals surface area contributed by atoms with Gasteiger partial charge in [0.1, 0.15) is 12.2 Å². The largest absolute Gasteiger partial charge is 1.00 e. The fourth-order valence-electron chi connectivity index (χ4n) is 3.79. The molecule has 2 N–H and O–H groups in total. The average molecular weight is 474 g/mol. The number of aliphatic hydroxyl groups excluding tert-OH is 2. The second-order valence-electron chi connectivity index (χ2n) is 7.51. The molecule has 2 aliphatic rings. The van der Waals surface area contributed by atoms with Crippen molar-refractivity contribution in [1.29, 1.82) is 0 Å². The summed E-state index contributed by atoms with van der Waals surface area (Å²) in [5.74, 6) is 0. The van der Waals surface area contributed by atoms with Crippen LogP contribution in [0.15, 0.2) is 49.1 Å². The Morgan fingerprint density at radius 2 is 1.66 bits per heavy atom. The van der Waals surface area contributed by atoms with Crippen LogP contribution in [-0.4, -0.2) is 57.8 Å². The molecule has 0 saturated carbocycles. The predicted molar refractivity (Wildman–Crippen MR) is 104 cm³/mol. The van der Waals surface area contributed by atoms with Gasteiger partial charge in [-0.2, -0.15) is 0 Å². The van der Waals surface area contributed by atoms with Crippen LogP contribution in [-0.2, 0) is 23.1 Å². The zero-order valence-corrected chi connectivity index (χ0v) is 20.5. The number of rotatable bonds is 8. The van der Waals surface area contributed by atoms with Gasteiger partial charge in [0.15, 0.2) is 0 Å². The van der Waals surface area contributed by atoms with Crippen molar-refractivity contribution in [3.8, 4) is 0 Å². The molecule has 4 heterocycles. The minimum atomic E-state index is -4.74. The molecule has 2 fully saturated rings. The van der Waals surface area contributed by atoms with Gasteiger partial charge in [0, 0.05) is 37.6 Å². The van der Waals surface area contributed by atoms with Crippen molar-refractivity contribution in [3.63, 3.8) is 0 Å². The van der Waals surface area contributed by atoms with E-state index in [0.29, 0.717) is 6.42 Å². The van der Waals surface area contributed by atoms with Gasteiger partial charge in [0.2, 0.25) is 0 Å². The second kappa shape index (κ2) is 11.6. The van der Waals surface area contributed by atoms with Gasteiger partial charge in [-0.3, -0.25) is 14.5 Å². The van der Waals surface area contributed by atoms with Gasteiger partial charge in [-0.25, -0.2) is 0 Å². The number of hydrogen-bond acceptors (Lipinski definition) is 10. The number of hydrogen-bond donors (Lipinski definition) is 2. The van der Waals surface area contributed by atoms with E-state index in [1.165, 1.54) is 0 Å². The first-order valence-corrected chi connectivity index (χ1v) is 11.4. The van der Waals surface area contributed by atoms with E-state index in [4.69, 9.17) is 18.5 Å². The van der Waals surface area contributed by atoms with E-state index < -0.39 is 51.1 Å². The molecule has 12 heteroatoms. The molecular weight excluding hydrogens is 450 g/mol. The SMILES string of the molecule is O=P([O-])(OC[C@H]1O[C@@H](c2cccnc2)C[C@@H]1O)O[C@H]1C[C@H](c2cccnc2)O[C@@H]1CO.[Na+]. The third kappa shape index (κ3) is 6.43. The van der Waals surface area contributed by atoms with E-state index >= 15 is 0 Å². The summed E-state index contributed by atoms with van der Waals surface area (Å²) in [6.45, 7) is -0.791. The van der Waals surface area contributed by atoms with Gasteiger partial charge < -0.3 is 33.6 Å². The Hall–Kier alpha value is -0.750. The maximum absolute atomic E-state index is 12.4. The molecule has 0 bridgehead atoms. The van der Waals surface area contributed by atoms with Crippen molar-refractivity contribution in [1.82, 2.24) is 9.97 Å². The molecule has 7 atom stereocenters. The molecule has 0 aliphatic carbocycles.